The molecular formula is C33H24N6PtS. The van der Waals surface area contributed by atoms with Crippen LogP contribution in [0.2, 0.25) is 0 Å². The van der Waals surface area contributed by atoms with Crippen LogP contribution in [-0.4, -0.2) is 29.5 Å². The molecule has 0 unspecified atom stereocenters. The summed E-state index contributed by atoms with van der Waals surface area (Å²) in [6, 6.07) is 37.0. The first kappa shape index (κ1) is 27.0. The van der Waals surface area contributed by atoms with Gasteiger partial charge in [0.25, 0.3) is 0 Å². The van der Waals surface area contributed by atoms with Crippen molar-refractivity contribution in [3.8, 4) is 34.2 Å². The average molecular weight is 732 g/mol. The Morgan fingerprint density at radius 1 is 0.683 bits per heavy atom. The number of aromatic nitrogens is 6. The van der Waals surface area contributed by atoms with Crippen LogP contribution in [0.5, 0.6) is 0 Å². The number of hydrogen-bond donors (Lipinski definition) is 0. The normalized spacial score (nSPS) is 11.5. The Morgan fingerprint density at radius 2 is 1.32 bits per heavy atom. The molecule has 0 saturated carbocycles. The summed E-state index contributed by atoms with van der Waals surface area (Å²) in [6.07, 6.45) is 3.70. The van der Waals surface area contributed by atoms with Crippen molar-refractivity contribution in [2.45, 2.75) is 19.3 Å². The van der Waals surface area contributed by atoms with Gasteiger partial charge < -0.3 is 9.97 Å². The molecule has 0 atom stereocenters. The maximum atomic E-state index is 5.18. The number of fused-ring (bicyclic) bond motifs is 1. The molecule has 0 N–H and O–H groups in total. The van der Waals surface area contributed by atoms with Gasteiger partial charge >= 0.3 is 21.1 Å². The molecule has 0 bridgehead atoms. The van der Waals surface area contributed by atoms with Gasteiger partial charge in [0.2, 0.25) is 0 Å². The molecule has 0 saturated heterocycles. The van der Waals surface area contributed by atoms with Crippen molar-refractivity contribution in [3.63, 3.8) is 0 Å². The Bertz CT molecular complexity index is 1940. The van der Waals surface area contributed by atoms with Crippen LogP contribution in [0.15, 0.2) is 109 Å². The van der Waals surface area contributed by atoms with E-state index in [1.165, 1.54) is 0 Å². The third-order valence-electron chi connectivity index (χ3n) is 7.04. The fraction of sp³-hybridized carbons (Fsp3) is 0.0909. The molecule has 6 nitrogen and oxygen atoms in total. The van der Waals surface area contributed by atoms with Gasteiger partial charge in [-0.05, 0) is 77.5 Å². The number of rotatable bonds is 6. The monoisotopic (exact) mass is 731 g/mol. The van der Waals surface area contributed by atoms with Gasteiger partial charge in [-0.15, -0.1) is 6.07 Å². The van der Waals surface area contributed by atoms with E-state index in [-0.39, 0.29) is 21.1 Å². The second-order valence-electron chi connectivity index (χ2n) is 10.0. The van der Waals surface area contributed by atoms with E-state index in [1.54, 1.807) is 11.3 Å². The smallest absolute Gasteiger partial charge is 0.345 e. The van der Waals surface area contributed by atoms with Crippen molar-refractivity contribution in [1.29, 1.82) is 0 Å². The van der Waals surface area contributed by atoms with Gasteiger partial charge in [0.1, 0.15) is 0 Å². The molecule has 0 aliphatic carbocycles. The molecule has 0 amide bonds. The van der Waals surface area contributed by atoms with Crippen LogP contribution in [0, 0.1) is 12.1 Å². The zero-order valence-electron chi connectivity index (χ0n) is 22.3. The molecule has 5 aromatic heterocycles. The van der Waals surface area contributed by atoms with Crippen LogP contribution in [0.3, 0.4) is 0 Å². The predicted molar refractivity (Wildman–Crippen MR) is 159 cm³/mol. The SMILES string of the molecule is CC(C)(c1cccc(-c2[c-]cn(-c3ccccc3)n2)n1)c1cc2ccsc2c(-c2[c-]cn(-c3ccccc3)n2)n1.[Pt+2]. The summed E-state index contributed by atoms with van der Waals surface area (Å²) in [7, 11) is 0. The molecule has 202 valence electrons. The molecule has 0 fully saturated rings. The molecule has 41 heavy (non-hydrogen) atoms. The summed E-state index contributed by atoms with van der Waals surface area (Å²) in [4.78, 5) is 10.2. The quantitative estimate of drug-likeness (QED) is 0.168. The Morgan fingerprint density at radius 3 is 2.00 bits per heavy atom. The third-order valence-corrected chi connectivity index (χ3v) is 7.97. The van der Waals surface area contributed by atoms with Crippen LogP contribution >= 0.6 is 11.3 Å². The van der Waals surface area contributed by atoms with Crippen LogP contribution < -0.4 is 0 Å². The van der Waals surface area contributed by atoms with E-state index in [2.05, 4.69) is 43.5 Å². The molecule has 7 aromatic rings. The largest absolute Gasteiger partial charge is 2.00 e. The third kappa shape index (κ3) is 5.07. The Kier molecular flexibility index (Phi) is 7.24. The number of para-hydroxylation sites is 2. The first-order chi connectivity index (χ1) is 19.6. The topological polar surface area (TPSA) is 61.4 Å². The fourth-order valence-electron chi connectivity index (χ4n) is 4.75. The Labute approximate surface area is 256 Å². The number of thiophene rings is 1. The second-order valence-corrected chi connectivity index (χ2v) is 10.9. The second kappa shape index (κ2) is 11.0. The average Bonchev–Trinajstić information content (AvgIpc) is 3.79. The first-order valence-corrected chi connectivity index (χ1v) is 13.9. The standard InChI is InChI=1S/C33H24N6S.Pt/c1-33(2,29-15-9-14-26(34-29)27-16-19-38(36-27)24-10-5-3-6-11-24)30-22-23-18-21-40-32(23)31(35-30)28-17-20-39(37-28)25-12-7-4-8-13-25;/h3-15,18-22H,1-2H3;/q-2;+2. The van der Waals surface area contributed by atoms with Gasteiger partial charge in [0.05, 0.1) is 11.4 Å². The minimum Gasteiger partial charge on any atom is -0.345 e. The number of pyridine rings is 2. The van der Waals surface area contributed by atoms with Crippen molar-refractivity contribution in [2.75, 3.05) is 0 Å². The molecule has 2 aromatic carbocycles. The number of benzene rings is 2. The summed E-state index contributed by atoms with van der Waals surface area (Å²) in [5.41, 5.74) is 6.32. The van der Waals surface area contributed by atoms with Crippen LogP contribution in [0.25, 0.3) is 44.2 Å². The van der Waals surface area contributed by atoms with Crippen LogP contribution in [-0.2, 0) is 26.5 Å². The van der Waals surface area contributed by atoms with Gasteiger partial charge in [-0.1, -0.05) is 71.9 Å². The van der Waals surface area contributed by atoms with Crippen molar-refractivity contribution in [2.24, 2.45) is 0 Å². The minimum atomic E-state index is -0.481. The molecule has 7 rings (SSSR count). The zero-order chi connectivity index (χ0) is 27.1. The molecular weight excluding hydrogens is 708 g/mol. The molecule has 8 heteroatoms. The predicted octanol–water partition coefficient (Wildman–Crippen LogP) is 7.32. The van der Waals surface area contributed by atoms with E-state index < -0.39 is 5.41 Å². The summed E-state index contributed by atoms with van der Waals surface area (Å²) in [6.45, 7) is 4.31. The van der Waals surface area contributed by atoms with Gasteiger partial charge in [-0.25, -0.2) is 22.3 Å². The molecule has 0 spiro atoms. The molecule has 0 radical (unpaired) electrons. The van der Waals surface area contributed by atoms with E-state index in [4.69, 9.17) is 20.2 Å². The number of hydrogen-bond acceptors (Lipinski definition) is 5. The van der Waals surface area contributed by atoms with E-state index >= 15 is 0 Å². The Hall–Kier alpha value is -4.19. The summed E-state index contributed by atoms with van der Waals surface area (Å²) in [5.74, 6) is 0. The Balaban J connectivity index is 0.00000302. The van der Waals surface area contributed by atoms with Crippen molar-refractivity contribution in [1.82, 2.24) is 29.5 Å². The fourth-order valence-corrected chi connectivity index (χ4v) is 5.61. The summed E-state index contributed by atoms with van der Waals surface area (Å²) >= 11 is 1.67. The zero-order valence-corrected chi connectivity index (χ0v) is 25.4. The van der Waals surface area contributed by atoms with E-state index in [0.29, 0.717) is 5.69 Å². The molecule has 0 aliphatic heterocycles. The van der Waals surface area contributed by atoms with E-state index in [9.17, 15) is 0 Å². The minimum absolute atomic E-state index is 0. The molecule has 5 heterocycles. The maximum Gasteiger partial charge on any atom is 2.00 e. The van der Waals surface area contributed by atoms with Gasteiger partial charge in [-0.3, -0.25) is 9.36 Å². The van der Waals surface area contributed by atoms with Crippen molar-refractivity contribution in [3.05, 3.63) is 132 Å². The summed E-state index contributed by atoms with van der Waals surface area (Å²) in [5, 5.41) is 12.8. The van der Waals surface area contributed by atoms with Crippen molar-refractivity contribution < 1.29 is 21.1 Å². The number of nitrogens with zero attached hydrogens (tertiary/aromatic N) is 6. The van der Waals surface area contributed by atoms with Gasteiger partial charge in [0, 0.05) is 16.8 Å². The maximum absolute atomic E-state index is 5.18. The first-order valence-electron chi connectivity index (χ1n) is 13.0. The van der Waals surface area contributed by atoms with E-state index in [1.807, 2.05) is 101 Å². The van der Waals surface area contributed by atoms with E-state index in [0.717, 1.165) is 49.9 Å². The molecule has 0 aliphatic rings. The van der Waals surface area contributed by atoms with Crippen LogP contribution in [0.4, 0.5) is 0 Å². The summed E-state index contributed by atoms with van der Waals surface area (Å²) < 4.78 is 4.75. The van der Waals surface area contributed by atoms with Gasteiger partial charge in [-0.2, -0.15) is 11.3 Å². The van der Waals surface area contributed by atoms with Crippen LogP contribution in [0.1, 0.15) is 25.2 Å². The van der Waals surface area contributed by atoms with Gasteiger partial charge in [0.15, 0.2) is 0 Å². The van der Waals surface area contributed by atoms with Crippen molar-refractivity contribution >= 4 is 21.4 Å².